The first kappa shape index (κ1) is 13.1. The van der Waals surface area contributed by atoms with Gasteiger partial charge in [0.15, 0.2) is 0 Å². The van der Waals surface area contributed by atoms with Crippen molar-refractivity contribution in [3.8, 4) is 0 Å². The maximum Gasteiger partial charge on any atom is 0.226 e. The number of aliphatic hydroxyl groups excluding tert-OH is 1. The van der Waals surface area contributed by atoms with E-state index in [2.05, 4.69) is 0 Å². The number of hydrogen-bond donors (Lipinski definition) is 2. The first-order valence-corrected chi connectivity index (χ1v) is 6.41. The minimum Gasteiger partial charge on any atom is -0.387 e. The lowest BCUT2D eigenvalue weighted by Crippen LogP contribution is -2.35. The fraction of sp³-hybridized carbons (Fsp3) is 0.500. The number of nitrogens with zero attached hydrogens (tertiary/aromatic N) is 1. The second-order valence-corrected chi connectivity index (χ2v) is 4.81. The van der Waals surface area contributed by atoms with Crippen LogP contribution in [0.2, 0.25) is 0 Å². The van der Waals surface area contributed by atoms with Crippen LogP contribution < -0.4 is 10.6 Å². The van der Waals surface area contributed by atoms with Crippen LogP contribution in [0.15, 0.2) is 18.2 Å². The normalized spacial score (nSPS) is 19.8. The molecule has 0 fully saturated rings. The van der Waals surface area contributed by atoms with Crippen LogP contribution in [0.1, 0.15) is 37.5 Å². The summed E-state index contributed by atoms with van der Waals surface area (Å²) in [5.41, 5.74) is 8.38. The Morgan fingerprint density at radius 1 is 1.61 bits per heavy atom. The summed E-state index contributed by atoms with van der Waals surface area (Å²) in [5.74, 6) is 0.147. The molecular weight excluding hydrogens is 228 g/mol. The van der Waals surface area contributed by atoms with Crippen molar-refractivity contribution in [1.82, 2.24) is 0 Å². The summed E-state index contributed by atoms with van der Waals surface area (Å²) >= 11 is 0. The Labute approximate surface area is 107 Å². The molecule has 1 aromatic carbocycles. The monoisotopic (exact) mass is 248 g/mol. The van der Waals surface area contributed by atoms with Gasteiger partial charge in [0.05, 0.1) is 6.10 Å². The van der Waals surface area contributed by atoms with Gasteiger partial charge in [0.1, 0.15) is 0 Å². The van der Waals surface area contributed by atoms with Crippen LogP contribution in [0.5, 0.6) is 0 Å². The van der Waals surface area contributed by atoms with Gasteiger partial charge < -0.3 is 15.7 Å². The third-order valence-corrected chi connectivity index (χ3v) is 3.50. The quantitative estimate of drug-likeness (QED) is 0.849. The van der Waals surface area contributed by atoms with E-state index in [1.165, 1.54) is 0 Å². The van der Waals surface area contributed by atoms with Gasteiger partial charge in [-0.1, -0.05) is 19.1 Å². The number of rotatable bonds is 3. The minimum absolute atomic E-state index is 0.147. The molecule has 2 rings (SSSR count). The van der Waals surface area contributed by atoms with Crippen molar-refractivity contribution in [3.05, 3.63) is 29.3 Å². The predicted octanol–water partition coefficient (Wildman–Crippen LogP) is 1.37. The first-order chi connectivity index (χ1) is 8.58. The van der Waals surface area contributed by atoms with E-state index >= 15 is 0 Å². The lowest BCUT2D eigenvalue weighted by atomic mass is 10.0. The van der Waals surface area contributed by atoms with Gasteiger partial charge in [0.2, 0.25) is 5.91 Å². The molecule has 0 aliphatic carbocycles. The zero-order valence-corrected chi connectivity index (χ0v) is 10.9. The SMILES string of the molecule is CCC(=O)N1c2ccc(C(O)CN)cc2CC1C. The molecule has 0 spiro atoms. The number of hydrogen-bond acceptors (Lipinski definition) is 3. The zero-order chi connectivity index (χ0) is 13.3. The van der Waals surface area contributed by atoms with Crippen molar-refractivity contribution in [2.75, 3.05) is 11.4 Å². The van der Waals surface area contributed by atoms with Crippen molar-refractivity contribution in [2.45, 2.75) is 38.8 Å². The third kappa shape index (κ3) is 2.13. The maximum absolute atomic E-state index is 11.9. The Morgan fingerprint density at radius 2 is 2.33 bits per heavy atom. The van der Waals surface area contributed by atoms with Crippen molar-refractivity contribution in [2.24, 2.45) is 5.73 Å². The average molecular weight is 248 g/mol. The highest BCUT2D eigenvalue weighted by Gasteiger charge is 2.30. The number of amides is 1. The summed E-state index contributed by atoms with van der Waals surface area (Å²) in [6, 6.07) is 5.93. The number of fused-ring (bicyclic) bond motifs is 1. The standard InChI is InChI=1S/C14H20N2O2/c1-3-14(18)16-9(2)6-11-7-10(13(17)8-15)4-5-12(11)16/h4-5,7,9,13,17H,3,6,8,15H2,1-2H3. The highest BCUT2D eigenvalue weighted by atomic mass is 16.3. The Kier molecular flexibility index (Phi) is 3.68. The number of carbonyl (C=O) groups excluding carboxylic acids is 1. The molecular formula is C14H20N2O2. The molecule has 0 bridgehead atoms. The van der Waals surface area contributed by atoms with Gasteiger partial charge in [-0.2, -0.15) is 0 Å². The van der Waals surface area contributed by atoms with E-state index in [0.29, 0.717) is 6.42 Å². The molecule has 2 atom stereocenters. The van der Waals surface area contributed by atoms with Crippen LogP contribution in [0.4, 0.5) is 5.69 Å². The molecule has 0 aromatic heterocycles. The molecule has 3 N–H and O–H groups in total. The highest BCUT2D eigenvalue weighted by molar-refractivity contribution is 5.96. The zero-order valence-electron chi connectivity index (χ0n) is 10.9. The number of nitrogens with two attached hydrogens (primary N) is 1. The van der Waals surface area contributed by atoms with Gasteiger partial charge in [-0.3, -0.25) is 4.79 Å². The summed E-state index contributed by atoms with van der Waals surface area (Å²) < 4.78 is 0. The molecule has 0 saturated carbocycles. The van der Waals surface area contributed by atoms with Crippen LogP contribution in [0.3, 0.4) is 0 Å². The van der Waals surface area contributed by atoms with Crippen molar-refractivity contribution in [1.29, 1.82) is 0 Å². The summed E-state index contributed by atoms with van der Waals surface area (Å²) in [5, 5.41) is 9.74. The lowest BCUT2D eigenvalue weighted by Gasteiger charge is -2.22. The van der Waals surface area contributed by atoms with E-state index < -0.39 is 6.10 Å². The van der Waals surface area contributed by atoms with Crippen LogP contribution >= 0.6 is 0 Å². The van der Waals surface area contributed by atoms with Crippen LogP contribution in [0, 0.1) is 0 Å². The highest BCUT2D eigenvalue weighted by Crippen LogP contribution is 2.34. The fourth-order valence-electron chi connectivity index (χ4n) is 2.54. The van der Waals surface area contributed by atoms with Gasteiger partial charge in [0, 0.05) is 24.7 Å². The number of carbonyl (C=O) groups is 1. The molecule has 1 aliphatic heterocycles. The first-order valence-electron chi connectivity index (χ1n) is 6.41. The molecule has 0 radical (unpaired) electrons. The van der Waals surface area contributed by atoms with Gasteiger partial charge in [-0.25, -0.2) is 0 Å². The topological polar surface area (TPSA) is 66.6 Å². The summed E-state index contributed by atoms with van der Waals surface area (Å²) in [6.45, 7) is 4.14. The molecule has 2 unspecified atom stereocenters. The molecule has 0 saturated heterocycles. The summed E-state index contributed by atoms with van der Waals surface area (Å²) in [4.78, 5) is 13.8. The number of anilines is 1. The van der Waals surface area contributed by atoms with Crippen molar-refractivity contribution >= 4 is 11.6 Å². The molecule has 4 nitrogen and oxygen atoms in total. The molecule has 1 aromatic rings. The van der Waals surface area contributed by atoms with Crippen molar-refractivity contribution < 1.29 is 9.90 Å². The van der Waals surface area contributed by atoms with E-state index in [1.807, 2.05) is 36.9 Å². The molecule has 18 heavy (non-hydrogen) atoms. The van der Waals surface area contributed by atoms with E-state index in [1.54, 1.807) is 0 Å². The van der Waals surface area contributed by atoms with E-state index in [4.69, 9.17) is 5.73 Å². The van der Waals surface area contributed by atoms with Gasteiger partial charge in [-0.15, -0.1) is 0 Å². The Bertz CT molecular complexity index is 459. The predicted molar refractivity (Wildman–Crippen MR) is 71.4 cm³/mol. The fourth-order valence-corrected chi connectivity index (χ4v) is 2.54. The Hall–Kier alpha value is -1.39. The van der Waals surface area contributed by atoms with Crippen LogP contribution in [-0.2, 0) is 11.2 Å². The van der Waals surface area contributed by atoms with E-state index in [9.17, 15) is 9.90 Å². The third-order valence-electron chi connectivity index (χ3n) is 3.50. The number of benzene rings is 1. The minimum atomic E-state index is -0.624. The molecule has 4 heteroatoms. The second kappa shape index (κ2) is 5.08. The molecule has 1 aliphatic rings. The Morgan fingerprint density at radius 3 is 2.94 bits per heavy atom. The maximum atomic E-state index is 11.9. The van der Waals surface area contributed by atoms with Gasteiger partial charge in [0.25, 0.3) is 0 Å². The van der Waals surface area contributed by atoms with Gasteiger partial charge >= 0.3 is 0 Å². The van der Waals surface area contributed by atoms with Crippen LogP contribution in [0.25, 0.3) is 0 Å². The Balaban J connectivity index is 2.35. The van der Waals surface area contributed by atoms with Crippen LogP contribution in [-0.4, -0.2) is 23.6 Å². The summed E-state index contributed by atoms with van der Waals surface area (Å²) in [6.07, 6.45) is 0.727. The van der Waals surface area contributed by atoms with Crippen molar-refractivity contribution in [3.63, 3.8) is 0 Å². The lowest BCUT2D eigenvalue weighted by molar-refractivity contribution is -0.118. The molecule has 98 valence electrons. The largest absolute Gasteiger partial charge is 0.387 e. The summed E-state index contributed by atoms with van der Waals surface area (Å²) in [7, 11) is 0. The smallest absolute Gasteiger partial charge is 0.226 e. The number of aliphatic hydroxyl groups is 1. The van der Waals surface area contributed by atoms with Gasteiger partial charge in [-0.05, 0) is 30.5 Å². The van der Waals surface area contributed by atoms with E-state index in [0.717, 1.165) is 23.2 Å². The average Bonchev–Trinajstić information content (AvgIpc) is 2.71. The van der Waals surface area contributed by atoms with E-state index in [-0.39, 0.29) is 18.5 Å². The molecule has 1 heterocycles. The molecule has 1 amide bonds. The second-order valence-electron chi connectivity index (χ2n) is 4.81.